The van der Waals surface area contributed by atoms with Crippen LogP contribution in [0.5, 0.6) is 0 Å². The number of nitrogens with two attached hydrogens (primary N) is 1. The first-order valence-electron chi connectivity index (χ1n) is 4.96. The van der Waals surface area contributed by atoms with Crippen molar-refractivity contribution in [3.63, 3.8) is 0 Å². The minimum atomic E-state index is -2.34. The van der Waals surface area contributed by atoms with E-state index < -0.39 is 5.76 Å². The maximum Gasteiger partial charge on any atom is 0.288 e. The molecule has 1 aromatic carbocycles. The van der Waals surface area contributed by atoms with Gasteiger partial charge in [-0.25, -0.2) is 0 Å². The molecule has 0 saturated carbocycles. The van der Waals surface area contributed by atoms with E-state index in [1.807, 2.05) is 12.1 Å². The van der Waals surface area contributed by atoms with Gasteiger partial charge in [0.2, 0.25) is 0 Å². The summed E-state index contributed by atoms with van der Waals surface area (Å²) < 4.78 is 24.0. The molecule has 15 heavy (non-hydrogen) atoms. The van der Waals surface area contributed by atoms with Crippen LogP contribution in [0.3, 0.4) is 0 Å². The van der Waals surface area contributed by atoms with Gasteiger partial charge >= 0.3 is 0 Å². The standard InChI is InChI=1S/C11H15F2NS/c12-11(13)15-10-6-4-9(5-7-10)3-1-2-8-14/h4-7,11H,1-3,8,14H2. The van der Waals surface area contributed by atoms with Crippen molar-refractivity contribution in [2.24, 2.45) is 5.73 Å². The average Bonchev–Trinajstić information content (AvgIpc) is 2.20. The van der Waals surface area contributed by atoms with Gasteiger partial charge in [-0.15, -0.1) is 0 Å². The molecular formula is C11H15F2NS. The van der Waals surface area contributed by atoms with E-state index in [9.17, 15) is 8.78 Å². The van der Waals surface area contributed by atoms with Crippen molar-refractivity contribution in [3.8, 4) is 0 Å². The molecule has 0 atom stereocenters. The minimum absolute atomic E-state index is 0.582. The van der Waals surface area contributed by atoms with E-state index in [1.165, 1.54) is 5.56 Å². The zero-order valence-corrected chi connectivity index (χ0v) is 9.27. The quantitative estimate of drug-likeness (QED) is 0.600. The summed E-state index contributed by atoms with van der Waals surface area (Å²) in [5.41, 5.74) is 6.57. The Labute approximate surface area is 93.1 Å². The fourth-order valence-electron chi connectivity index (χ4n) is 1.31. The van der Waals surface area contributed by atoms with Gasteiger partial charge in [-0.3, -0.25) is 0 Å². The topological polar surface area (TPSA) is 26.0 Å². The summed E-state index contributed by atoms with van der Waals surface area (Å²) >= 11 is 0.582. The van der Waals surface area contributed by atoms with Crippen molar-refractivity contribution >= 4 is 11.8 Å². The monoisotopic (exact) mass is 231 g/mol. The molecule has 0 unspecified atom stereocenters. The lowest BCUT2D eigenvalue weighted by atomic mass is 10.1. The number of hydrogen-bond acceptors (Lipinski definition) is 2. The van der Waals surface area contributed by atoms with Gasteiger partial charge in [0, 0.05) is 4.90 Å². The molecule has 0 aliphatic carbocycles. The third kappa shape index (κ3) is 5.14. The highest BCUT2D eigenvalue weighted by molar-refractivity contribution is 7.99. The summed E-state index contributed by atoms with van der Waals surface area (Å²) in [6.45, 7) is 0.708. The van der Waals surface area contributed by atoms with Crippen LogP contribution >= 0.6 is 11.8 Å². The van der Waals surface area contributed by atoms with Gasteiger partial charge < -0.3 is 5.73 Å². The molecule has 2 N–H and O–H groups in total. The van der Waals surface area contributed by atoms with E-state index in [1.54, 1.807) is 12.1 Å². The third-order valence-electron chi connectivity index (χ3n) is 2.07. The molecule has 1 aromatic rings. The predicted molar refractivity (Wildman–Crippen MR) is 60.3 cm³/mol. The largest absolute Gasteiger partial charge is 0.330 e. The second-order valence-corrected chi connectivity index (χ2v) is 4.33. The van der Waals surface area contributed by atoms with Crippen LogP contribution in [0.1, 0.15) is 18.4 Å². The first-order chi connectivity index (χ1) is 7.22. The Kier molecular flexibility index (Phi) is 5.65. The number of thioether (sulfide) groups is 1. The Bertz CT molecular complexity index is 274. The molecule has 1 rings (SSSR count). The third-order valence-corrected chi connectivity index (χ3v) is 2.79. The Hall–Kier alpha value is -0.610. The van der Waals surface area contributed by atoms with Crippen LogP contribution in [0.25, 0.3) is 0 Å². The number of rotatable bonds is 6. The number of aryl methyl sites for hydroxylation is 1. The van der Waals surface area contributed by atoms with Crippen LogP contribution in [0.4, 0.5) is 8.78 Å². The normalized spacial score (nSPS) is 10.9. The van der Waals surface area contributed by atoms with Crippen LogP contribution in [0.2, 0.25) is 0 Å². The maximum absolute atomic E-state index is 12.0. The van der Waals surface area contributed by atoms with E-state index in [2.05, 4.69) is 0 Å². The number of alkyl halides is 2. The lowest BCUT2D eigenvalue weighted by molar-refractivity contribution is 0.252. The van der Waals surface area contributed by atoms with Crippen LogP contribution in [-0.2, 0) is 6.42 Å². The molecule has 0 radical (unpaired) electrons. The van der Waals surface area contributed by atoms with Gasteiger partial charge in [0.15, 0.2) is 0 Å². The average molecular weight is 231 g/mol. The lowest BCUT2D eigenvalue weighted by Gasteiger charge is -2.03. The van der Waals surface area contributed by atoms with Crippen molar-refractivity contribution < 1.29 is 8.78 Å². The maximum atomic E-state index is 12.0. The predicted octanol–water partition coefficient (Wildman–Crippen LogP) is 3.28. The first kappa shape index (κ1) is 12.5. The second kappa shape index (κ2) is 6.80. The molecule has 0 aliphatic heterocycles. The van der Waals surface area contributed by atoms with Crippen LogP contribution in [0, 0.1) is 0 Å². The zero-order valence-electron chi connectivity index (χ0n) is 8.46. The summed E-state index contributed by atoms with van der Waals surface area (Å²) in [7, 11) is 0. The number of benzene rings is 1. The van der Waals surface area contributed by atoms with Gasteiger partial charge in [-0.1, -0.05) is 23.9 Å². The fraction of sp³-hybridized carbons (Fsp3) is 0.455. The van der Waals surface area contributed by atoms with Gasteiger partial charge in [-0.2, -0.15) is 8.78 Å². The Morgan fingerprint density at radius 3 is 2.33 bits per heavy atom. The molecule has 0 heterocycles. The number of hydrogen-bond donors (Lipinski definition) is 1. The summed E-state index contributed by atoms with van der Waals surface area (Å²) in [4.78, 5) is 0.618. The summed E-state index contributed by atoms with van der Waals surface area (Å²) in [6.07, 6.45) is 3.03. The van der Waals surface area contributed by atoms with Crippen LogP contribution in [0.15, 0.2) is 29.2 Å². The molecule has 0 fully saturated rings. The van der Waals surface area contributed by atoms with Crippen molar-refractivity contribution in [2.75, 3.05) is 6.54 Å². The lowest BCUT2D eigenvalue weighted by Crippen LogP contribution is -1.98. The number of halogens is 2. The van der Waals surface area contributed by atoms with Crippen molar-refractivity contribution in [1.82, 2.24) is 0 Å². The molecule has 4 heteroatoms. The van der Waals surface area contributed by atoms with E-state index in [0.29, 0.717) is 23.2 Å². The minimum Gasteiger partial charge on any atom is -0.330 e. The Balaban J connectivity index is 2.42. The molecule has 0 aliphatic rings. The summed E-state index contributed by atoms with van der Waals surface area (Å²) in [6, 6.07) is 7.30. The highest BCUT2D eigenvalue weighted by atomic mass is 32.2. The SMILES string of the molecule is NCCCCc1ccc(SC(F)F)cc1. The van der Waals surface area contributed by atoms with Gasteiger partial charge in [0.05, 0.1) is 0 Å². The molecule has 0 amide bonds. The van der Waals surface area contributed by atoms with Gasteiger partial charge in [-0.05, 0) is 43.5 Å². The van der Waals surface area contributed by atoms with E-state index in [-0.39, 0.29) is 0 Å². The summed E-state index contributed by atoms with van der Waals surface area (Å²) in [5.74, 6) is -2.34. The zero-order chi connectivity index (χ0) is 11.1. The van der Waals surface area contributed by atoms with Crippen molar-refractivity contribution in [2.45, 2.75) is 29.9 Å². The van der Waals surface area contributed by atoms with Crippen LogP contribution < -0.4 is 5.73 Å². The molecule has 0 aromatic heterocycles. The van der Waals surface area contributed by atoms with Crippen molar-refractivity contribution in [3.05, 3.63) is 29.8 Å². The highest BCUT2D eigenvalue weighted by Crippen LogP contribution is 2.25. The fourth-order valence-corrected chi connectivity index (χ4v) is 1.81. The Morgan fingerprint density at radius 1 is 1.13 bits per heavy atom. The van der Waals surface area contributed by atoms with Gasteiger partial charge in [0.25, 0.3) is 5.76 Å². The molecule has 0 bridgehead atoms. The first-order valence-corrected chi connectivity index (χ1v) is 5.84. The van der Waals surface area contributed by atoms with E-state index in [4.69, 9.17) is 5.73 Å². The molecular weight excluding hydrogens is 216 g/mol. The van der Waals surface area contributed by atoms with Gasteiger partial charge in [0.1, 0.15) is 0 Å². The molecule has 0 saturated heterocycles. The Morgan fingerprint density at radius 2 is 1.80 bits per heavy atom. The van der Waals surface area contributed by atoms with Crippen molar-refractivity contribution in [1.29, 1.82) is 0 Å². The van der Waals surface area contributed by atoms with Crippen LogP contribution in [-0.4, -0.2) is 12.3 Å². The highest BCUT2D eigenvalue weighted by Gasteiger charge is 2.04. The van der Waals surface area contributed by atoms with E-state index in [0.717, 1.165) is 19.3 Å². The molecule has 1 nitrogen and oxygen atoms in total. The smallest absolute Gasteiger partial charge is 0.288 e. The molecule has 84 valence electrons. The number of unbranched alkanes of at least 4 members (excludes halogenated alkanes) is 1. The second-order valence-electron chi connectivity index (χ2n) is 3.27. The summed E-state index contributed by atoms with van der Waals surface area (Å²) in [5, 5.41) is 0. The molecule has 0 spiro atoms. The van der Waals surface area contributed by atoms with E-state index >= 15 is 0 Å².